The minimum absolute atomic E-state index is 0.0768. The van der Waals surface area contributed by atoms with Crippen molar-refractivity contribution in [3.8, 4) is 5.75 Å². The van der Waals surface area contributed by atoms with Crippen molar-refractivity contribution in [1.82, 2.24) is 30.1 Å². The molecule has 2 aromatic heterocycles. The van der Waals surface area contributed by atoms with Gasteiger partial charge in [-0.2, -0.15) is 0 Å². The van der Waals surface area contributed by atoms with Gasteiger partial charge in [-0.25, -0.2) is 4.68 Å². The van der Waals surface area contributed by atoms with Crippen molar-refractivity contribution >= 4 is 10.9 Å². The van der Waals surface area contributed by atoms with E-state index in [9.17, 15) is 9.90 Å². The molecule has 0 unspecified atom stereocenters. The topological polar surface area (TPSA) is 109 Å². The summed E-state index contributed by atoms with van der Waals surface area (Å²) >= 11 is 0. The van der Waals surface area contributed by atoms with Gasteiger partial charge in [0.25, 0.3) is 5.56 Å². The molecule has 0 saturated heterocycles. The second-order valence-electron chi connectivity index (χ2n) is 9.46. The second kappa shape index (κ2) is 11.1. The molecule has 9 heteroatoms. The minimum atomic E-state index is -0.108. The van der Waals surface area contributed by atoms with Crippen LogP contribution in [0.4, 0.5) is 0 Å². The number of nitrogens with zero attached hydrogens (tertiary/aromatic N) is 5. The van der Waals surface area contributed by atoms with Crippen LogP contribution in [0.1, 0.15) is 76.3 Å². The van der Waals surface area contributed by atoms with Crippen LogP contribution in [0.2, 0.25) is 0 Å². The van der Waals surface area contributed by atoms with Crippen molar-refractivity contribution < 1.29 is 9.84 Å². The summed E-state index contributed by atoms with van der Waals surface area (Å²) in [5.41, 5.74) is 1.35. The highest BCUT2D eigenvalue weighted by molar-refractivity contribution is 5.80. The van der Waals surface area contributed by atoms with Gasteiger partial charge < -0.3 is 14.8 Å². The molecule has 1 fully saturated rings. The van der Waals surface area contributed by atoms with Gasteiger partial charge in [0.2, 0.25) is 0 Å². The summed E-state index contributed by atoms with van der Waals surface area (Å²) in [5, 5.41) is 23.4. The van der Waals surface area contributed by atoms with Gasteiger partial charge in [-0.05, 0) is 66.8 Å². The Bertz CT molecular complexity index is 1140. The van der Waals surface area contributed by atoms with Gasteiger partial charge in [0, 0.05) is 36.2 Å². The van der Waals surface area contributed by atoms with Crippen LogP contribution in [0.15, 0.2) is 29.1 Å². The average molecular weight is 469 g/mol. The van der Waals surface area contributed by atoms with Crippen molar-refractivity contribution in [1.29, 1.82) is 0 Å². The van der Waals surface area contributed by atoms with Crippen LogP contribution in [-0.2, 0) is 6.54 Å². The minimum Gasteiger partial charge on any atom is -0.494 e. The summed E-state index contributed by atoms with van der Waals surface area (Å²) in [7, 11) is 0. The zero-order chi connectivity index (χ0) is 24.1. The molecule has 34 heavy (non-hydrogen) atoms. The molecule has 1 saturated carbocycles. The summed E-state index contributed by atoms with van der Waals surface area (Å²) in [6, 6.07) is 7.89. The number of rotatable bonds is 11. The van der Waals surface area contributed by atoms with Crippen LogP contribution in [0, 0.1) is 5.92 Å². The van der Waals surface area contributed by atoms with Crippen molar-refractivity contribution in [2.75, 3.05) is 19.8 Å². The van der Waals surface area contributed by atoms with E-state index in [0.717, 1.165) is 35.3 Å². The number of H-pyrrole nitrogens is 1. The number of aromatic amines is 1. The molecule has 1 atom stereocenters. The van der Waals surface area contributed by atoms with E-state index in [1.54, 1.807) is 0 Å². The maximum Gasteiger partial charge on any atom is 0.252 e. The molecule has 4 rings (SSSR count). The molecule has 3 aromatic rings. The van der Waals surface area contributed by atoms with Crippen molar-refractivity contribution in [3.63, 3.8) is 0 Å². The fourth-order valence-corrected chi connectivity index (χ4v) is 5.10. The quantitative estimate of drug-likeness (QED) is 0.442. The largest absolute Gasteiger partial charge is 0.494 e. The number of tetrazole rings is 1. The summed E-state index contributed by atoms with van der Waals surface area (Å²) < 4.78 is 7.65. The second-order valence-corrected chi connectivity index (χ2v) is 9.46. The Balaban J connectivity index is 1.69. The average Bonchev–Trinajstić information content (AvgIpc) is 3.50. The first-order valence-electron chi connectivity index (χ1n) is 12.4. The number of aromatic nitrogens is 5. The molecule has 1 aliphatic carbocycles. The van der Waals surface area contributed by atoms with E-state index >= 15 is 0 Å². The molecule has 184 valence electrons. The Morgan fingerprint density at radius 1 is 1.26 bits per heavy atom. The van der Waals surface area contributed by atoms with Gasteiger partial charge in [0.15, 0.2) is 5.82 Å². The van der Waals surface area contributed by atoms with Crippen LogP contribution in [0.25, 0.3) is 10.9 Å². The monoisotopic (exact) mass is 468 g/mol. The van der Waals surface area contributed by atoms with Gasteiger partial charge in [-0.3, -0.25) is 9.69 Å². The van der Waals surface area contributed by atoms with Crippen molar-refractivity contribution in [3.05, 3.63) is 46.0 Å². The normalized spacial score (nSPS) is 15.6. The molecule has 0 radical (unpaired) electrons. The number of aliphatic hydroxyl groups is 1. The van der Waals surface area contributed by atoms with E-state index in [1.807, 2.05) is 35.9 Å². The van der Waals surface area contributed by atoms with E-state index in [2.05, 4.69) is 39.3 Å². The lowest BCUT2D eigenvalue weighted by Gasteiger charge is -2.34. The highest BCUT2D eigenvalue weighted by Gasteiger charge is 2.32. The molecule has 0 spiro atoms. The Kier molecular flexibility index (Phi) is 7.95. The Labute approximate surface area is 200 Å². The summed E-state index contributed by atoms with van der Waals surface area (Å²) in [4.78, 5) is 18.3. The number of fused-ring (bicyclic) bond motifs is 1. The maximum atomic E-state index is 13.0. The Morgan fingerprint density at radius 3 is 2.76 bits per heavy atom. The number of hydrogen-bond acceptors (Lipinski definition) is 7. The van der Waals surface area contributed by atoms with Gasteiger partial charge in [-0.15, -0.1) is 5.10 Å². The number of hydrogen-bond donors (Lipinski definition) is 2. The molecule has 1 aromatic carbocycles. The van der Waals surface area contributed by atoms with Crippen LogP contribution in [0.3, 0.4) is 0 Å². The standard InChI is InChI=1S/C25H36N6O3/c1-4-34-21-10-11-22-18(15-21)14-19(25(33)26-22)16-30(12-7-13-32)23(17(2)3)24-27-28-29-31(24)20-8-5-6-9-20/h10-11,14-15,17,20,23,32H,4-9,12-13,16H2,1-3H3,(H,26,33)/t23-/m1/s1. The number of ether oxygens (including phenoxy) is 1. The molecule has 2 heterocycles. The first-order chi connectivity index (χ1) is 16.5. The summed E-state index contributed by atoms with van der Waals surface area (Å²) in [5.74, 6) is 1.84. The Morgan fingerprint density at radius 2 is 2.06 bits per heavy atom. The zero-order valence-electron chi connectivity index (χ0n) is 20.4. The fourth-order valence-electron chi connectivity index (χ4n) is 5.10. The van der Waals surface area contributed by atoms with Crippen LogP contribution < -0.4 is 10.3 Å². The lowest BCUT2D eigenvalue weighted by molar-refractivity contribution is 0.120. The lowest BCUT2D eigenvalue weighted by atomic mass is 9.99. The van der Waals surface area contributed by atoms with Crippen LogP contribution in [-0.4, -0.2) is 55.0 Å². The number of pyridine rings is 1. The Hall–Kier alpha value is -2.78. The molecular weight excluding hydrogens is 432 g/mol. The van der Waals surface area contributed by atoms with Gasteiger partial charge in [0.1, 0.15) is 5.75 Å². The number of nitrogens with one attached hydrogen (secondary N) is 1. The third-order valence-corrected chi connectivity index (χ3v) is 6.66. The number of aliphatic hydroxyl groups excluding tert-OH is 1. The zero-order valence-corrected chi connectivity index (χ0v) is 20.4. The van der Waals surface area contributed by atoms with Gasteiger partial charge in [0.05, 0.1) is 18.7 Å². The molecule has 0 amide bonds. The fraction of sp³-hybridized carbons (Fsp3) is 0.600. The lowest BCUT2D eigenvalue weighted by Crippen LogP contribution is -2.37. The summed E-state index contributed by atoms with van der Waals surface area (Å²) in [6.07, 6.45) is 5.17. The van der Waals surface area contributed by atoms with E-state index in [0.29, 0.717) is 37.7 Å². The van der Waals surface area contributed by atoms with Gasteiger partial charge >= 0.3 is 0 Å². The van der Waals surface area contributed by atoms with Crippen LogP contribution in [0.5, 0.6) is 5.75 Å². The van der Waals surface area contributed by atoms with E-state index in [4.69, 9.17) is 4.74 Å². The predicted molar refractivity (Wildman–Crippen MR) is 131 cm³/mol. The van der Waals surface area contributed by atoms with E-state index in [1.165, 1.54) is 12.8 Å². The van der Waals surface area contributed by atoms with E-state index in [-0.39, 0.29) is 24.1 Å². The summed E-state index contributed by atoms with van der Waals surface area (Å²) in [6.45, 7) is 8.00. The third-order valence-electron chi connectivity index (χ3n) is 6.66. The van der Waals surface area contributed by atoms with Crippen molar-refractivity contribution in [2.24, 2.45) is 5.92 Å². The maximum absolute atomic E-state index is 13.0. The van der Waals surface area contributed by atoms with Crippen molar-refractivity contribution in [2.45, 2.75) is 71.5 Å². The molecule has 9 nitrogen and oxygen atoms in total. The predicted octanol–water partition coefficient (Wildman–Crippen LogP) is 3.61. The smallest absolute Gasteiger partial charge is 0.252 e. The van der Waals surface area contributed by atoms with E-state index < -0.39 is 0 Å². The SMILES string of the molecule is CCOc1ccc2[nH]c(=O)c(CN(CCCO)[C@@H](c3nnnn3C3CCCC3)C(C)C)cc2c1. The molecule has 1 aliphatic rings. The first-order valence-corrected chi connectivity index (χ1v) is 12.4. The molecular formula is C25H36N6O3. The third kappa shape index (κ3) is 5.31. The number of benzene rings is 1. The first kappa shape index (κ1) is 24.3. The highest BCUT2D eigenvalue weighted by Crippen LogP contribution is 2.34. The van der Waals surface area contributed by atoms with Crippen LogP contribution >= 0.6 is 0 Å². The molecule has 2 N–H and O–H groups in total. The van der Waals surface area contributed by atoms with Gasteiger partial charge in [-0.1, -0.05) is 26.7 Å². The highest BCUT2D eigenvalue weighted by atomic mass is 16.5. The molecule has 0 bridgehead atoms. The molecule has 0 aliphatic heterocycles.